The summed E-state index contributed by atoms with van der Waals surface area (Å²) < 4.78 is 0. The molecular weight excluding hydrogens is 262 g/mol. The lowest BCUT2D eigenvalue weighted by Gasteiger charge is -2.27. The molecule has 7 heteroatoms. The Balaban J connectivity index is 3.05. The van der Waals surface area contributed by atoms with Gasteiger partial charge in [-0.25, -0.2) is 9.59 Å². The Morgan fingerprint density at radius 2 is 1.85 bits per heavy atom. The summed E-state index contributed by atoms with van der Waals surface area (Å²) in [5.74, 6) is -1.75. The summed E-state index contributed by atoms with van der Waals surface area (Å²) in [5, 5.41) is 9.11. The van der Waals surface area contributed by atoms with Crippen molar-refractivity contribution in [3.05, 3.63) is 29.8 Å². The Hall–Kier alpha value is -2.57. The Bertz CT molecular complexity index is 530. The van der Waals surface area contributed by atoms with E-state index in [1.807, 2.05) is 0 Å². The predicted octanol–water partition coefficient (Wildman–Crippen LogP) is 0.748. The lowest BCUT2D eigenvalue weighted by atomic mass is 10.1. The first-order valence-electron chi connectivity index (χ1n) is 6.01. The summed E-state index contributed by atoms with van der Waals surface area (Å²) in [6.07, 6.45) is 0. The van der Waals surface area contributed by atoms with Crippen LogP contribution in [-0.2, 0) is 4.79 Å². The highest BCUT2D eigenvalue weighted by molar-refractivity contribution is 6.01. The molecule has 0 aliphatic rings. The molecule has 0 fully saturated rings. The highest BCUT2D eigenvalue weighted by Crippen LogP contribution is 2.20. The number of anilines is 1. The maximum Gasteiger partial charge on any atom is 0.337 e. The van der Waals surface area contributed by atoms with E-state index >= 15 is 0 Å². The molecule has 0 radical (unpaired) electrons. The van der Waals surface area contributed by atoms with Gasteiger partial charge in [-0.15, -0.1) is 0 Å². The van der Waals surface area contributed by atoms with Crippen LogP contribution in [0.25, 0.3) is 0 Å². The van der Waals surface area contributed by atoms with Crippen LogP contribution in [0, 0.1) is 0 Å². The highest BCUT2D eigenvalue weighted by Gasteiger charge is 2.22. The number of benzene rings is 1. The van der Waals surface area contributed by atoms with Crippen LogP contribution in [0.1, 0.15) is 17.3 Å². The van der Waals surface area contributed by atoms with Crippen molar-refractivity contribution in [3.63, 3.8) is 0 Å². The van der Waals surface area contributed by atoms with Crippen molar-refractivity contribution >= 4 is 23.6 Å². The fourth-order valence-electron chi connectivity index (χ4n) is 1.76. The van der Waals surface area contributed by atoms with Crippen molar-refractivity contribution in [1.29, 1.82) is 0 Å². The van der Waals surface area contributed by atoms with Gasteiger partial charge in [-0.3, -0.25) is 9.69 Å². The average Bonchev–Trinajstić information content (AvgIpc) is 2.42. The normalized spacial score (nSPS) is 9.90. The number of primary amides is 1. The van der Waals surface area contributed by atoms with E-state index in [0.717, 1.165) is 0 Å². The molecule has 0 atom stereocenters. The van der Waals surface area contributed by atoms with E-state index in [-0.39, 0.29) is 17.8 Å². The van der Waals surface area contributed by atoms with Crippen molar-refractivity contribution in [3.8, 4) is 0 Å². The zero-order valence-electron chi connectivity index (χ0n) is 11.4. The van der Waals surface area contributed by atoms with Crippen molar-refractivity contribution in [2.24, 2.45) is 5.73 Å². The van der Waals surface area contributed by atoms with Crippen LogP contribution >= 0.6 is 0 Å². The number of para-hydroxylation sites is 1. The number of urea groups is 1. The number of aromatic carboxylic acids is 1. The van der Waals surface area contributed by atoms with E-state index in [4.69, 9.17) is 10.8 Å². The van der Waals surface area contributed by atoms with Crippen molar-refractivity contribution in [2.45, 2.75) is 6.92 Å². The van der Waals surface area contributed by atoms with Gasteiger partial charge in [-0.1, -0.05) is 12.1 Å². The number of nitrogens with two attached hydrogens (primary N) is 1. The highest BCUT2D eigenvalue weighted by atomic mass is 16.4. The number of likely N-dealkylation sites (N-methyl/N-ethyl adjacent to an activating group) is 1. The first kappa shape index (κ1) is 15.5. The van der Waals surface area contributed by atoms with E-state index in [2.05, 4.69) is 0 Å². The second kappa shape index (κ2) is 6.55. The van der Waals surface area contributed by atoms with Crippen LogP contribution in [0.4, 0.5) is 10.5 Å². The first-order chi connectivity index (χ1) is 9.38. The Morgan fingerprint density at radius 3 is 2.35 bits per heavy atom. The van der Waals surface area contributed by atoms with Gasteiger partial charge in [0.15, 0.2) is 0 Å². The Morgan fingerprint density at radius 1 is 1.25 bits per heavy atom. The number of hydrogen-bond acceptors (Lipinski definition) is 3. The maximum atomic E-state index is 12.2. The van der Waals surface area contributed by atoms with Gasteiger partial charge in [0.25, 0.3) is 0 Å². The number of carbonyl (C=O) groups is 3. The quantitative estimate of drug-likeness (QED) is 0.829. The number of nitrogens with zero attached hydrogens (tertiary/aromatic N) is 2. The van der Waals surface area contributed by atoms with E-state index in [1.165, 1.54) is 29.0 Å². The van der Waals surface area contributed by atoms with E-state index < -0.39 is 17.9 Å². The maximum absolute atomic E-state index is 12.2. The summed E-state index contributed by atoms with van der Waals surface area (Å²) in [4.78, 5) is 36.7. The van der Waals surface area contributed by atoms with Gasteiger partial charge in [0.2, 0.25) is 5.91 Å². The predicted molar refractivity (Wildman–Crippen MR) is 73.6 cm³/mol. The zero-order chi connectivity index (χ0) is 15.3. The first-order valence-corrected chi connectivity index (χ1v) is 6.01. The lowest BCUT2D eigenvalue weighted by molar-refractivity contribution is -0.118. The molecule has 7 nitrogen and oxygen atoms in total. The second-order valence-electron chi connectivity index (χ2n) is 4.14. The fraction of sp³-hybridized carbons (Fsp3) is 0.308. The topological polar surface area (TPSA) is 104 Å². The SMILES string of the molecule is CCN(CC(N)=O)C(=O)N(C)c1ccccc1C(=O)O. The third-order valence-corrected chi connectivity index (χ3v) is 2.78. The van der Waals surface area contributed by atoms with Crippen LogP contribution < -0.4 is 10.6 Å². The summed E-state index contributed by atoms with van der Waals surface area (Å²) >= 11 is 0. The van der Waals surface area contributed by atoms with Gasteiger partial charge in [-0.2, -0.15) is 0 Å². The average molecular weight is 279 g/mol. The van der Waals surface area contributed by atoms with Gasteiger partial charge in [0, 0.05) is 13.6 Å². The molecule has 0 bridgehead atoms. The molecule has 1 rings (SSSR count). The van der Waals surface area contributed by atoms with Crippen LogP contribution in [0.15, 0.2) is 24.3 Å². The summed E-state index contributed by atoms with van der Waals surface area (Å²) in [6.45, 7) is 1.79. The molecule has 0 saturated heterocycles. The minimum absolute atomic E-state index is 0.0125. The Kier molecular flexibility index (Phi) is 5.08. The van der Waals surface area contributed by atoms with E-state index in [1.54, 1.807) is 19.1 Å². The molecule has 108 valence electrons. The molecule has 1 aromatic carbocycles. The lowest BCUT2D eigenvalue weighted by Crippen LogP contribution is -2.45. The molecular formula is C13H17N3O4. The van der Waals surface area contributed by atoms with Gasteiger partial charge >= 0.3 is 12.0 Å². The standard InChI is InChI=1S/C13H17N3O4/c1-3-16(8-11(14)17)13(20)15(2)10-7-5-4-6-9(10)12(18)19/h4-7H,3,8H2,1-2H3,(H2,14,17)(H,18,19). The molecule has 3 N–H and O–H groups in total. The van der Waals surface area contributed by atoms with Gasteiger partial charge in [0.1, 0.15) is 6.54 Å². The third kappa shape index (κ3) is 3.47. The summed E-state index contributed by atoms with van der Waals surface area (Å²) in [7, 11) is 1.45. The Labute approximate surface area is 116 Å². The number of hydrogen-bond donors (Lipinski definition) is 2. The van der Waals surface area contributed by atoms with Gasteiger partial charge < -0.3 is 15.7 Å². The molecule has 0 spiro atoms. The summed E-state index contributed by atoms with van der Waals surface area (Å²) in [6, 6.07) is 5.66. The number of carboxylic acid groups (broad SMARTS) is 1. The molecule has 0 unspecified atom stereocenters. The number of carbonyl (C=O) groups excluding carboxylic acids is 2. The van der Waals surface area contributed by atoms with Gasteiger partial charge in [0.05, 0.1) is 11.3 Å². The monoisotopic (exact) mass is 279 g/mol. The number of amides is 3. The molecule has 0 aliphatic heterocycles. The van der Waals surface area contributed by atoms with Crippen LogP contribution in [0.3, 0.4) is 0 Å². The molecule has 0 aliphatic carbocycles. The van der Waals surface area contributed by atoms with Gasteiger partial charge in [-0.05, 0) is 19.1 Å². The smallest absolute Gasteiger partial charge is 0.337 e. The number of rotatable bonds is 5. The van der Waals surface area contributed by atoms with Crippen LogP contribution in [0.5, 0.6) is 0 Å². The number of carboxylic acids is 1. The van der Waals surface area contributed by atoms with Crippen molar-refractivity contribution in [1.82, 2.24) is 4.90 Å². The van der Waals surface area contributed by atoms with E-state index in [9.17, 15) is 14.4 Å². The zero-order valence-corrected chi connectivity index (χ0v) is 11.4. The third-order valence-electron chi connectivity index (χ3n) is 2.78. The van der Waals surface area contributed by atoms with Crippen molar-refractivity contribution in [2.75, 3.05) is 25.0 Å². The van der Waals surface area contributed by atoms with Crippen LogP contribution in [0.2, 0.25) is 0 Å². The molecule has 0 saturated carbocycles. The molecule has 20 heavy (non-hydrogen) atoms. The summed E-state index contributed by atoms with van der Waals surface area (Å²) in [5.41, 5.74) is 5.35. The molecule has 0 aromatic heterocycles. The minimum atomic E-state index is -1.13. The van der Waals surface area contributed by atoms with Crippen LogP contribution in [-0.4, -0.2) is 48.1 Å². The van der Waals surface area contributed by atoms with E-state index in [0.29, 0.717) is 6.54 Å². The molecule has 1 aromatic rings. The van der Waals surface area contributed by atoms with Crippen molar-refractivity contribution < 1.29 is 19.5 Å². The minimum Gasteiger partial charge on any atom is -0.478 e. The second-order valence-corrected chi connectivity index (χ2v) is 4.14. The fourth-order valence-corrected chi connectivity index (χ4v) is 1.76. The largest absolute Gasteiger partial charge is 0.478 e. The molecule has 3 amide bonds. The molecule has 0 heterocycles.